The summed E-state index contributed by atoms with van der Waals surface area (Å²) in [5.41, 5.74) is -7.67. The van der Waals surface area contributed by atoms with Crippen LogP contribution >= 0.6 is 10.3 Å². The Morgan fingerprint density at radius 1 is 0.924 bits per heavy atom. The molecule has 66 heavy (non-hydrogen) atoms. The van der Waals surface area contributed by atoms with Crippen molar-refractivity contribution in [1.82, 2.24) is 5.32 Å². The molecule has 1 amide bonds. The number of carbonyl (C=O) groups excluding carboxylic acids is 5. The first-order chi connectivity index (χ1) is 30.4. The molecule has 364 valence electrons. The number of nitrogens with one attached hydrogen (secondary N) is 1. The number of benzene rings is 2. The molecule has 15 nitrogen and oxygen atoms in total. The number of ketones is 1. The molecular formula is C50H69NO14S. The monoisotopic (exact) mass is 939 g/mol. The summed E-state index contributed by atoms with van der Waals surface area (Å²) in [5.74, 6) is -6.11. The van der Waals surface area contributed by atoms with Gasteiger partial charge in [0.15, 0.2) is 11.4 Å². The number of amides is 1. The highest BCUT2D eigenvalue weighted by atomic mass is 32.3. The molecule has 16 heteroatoms. The zero-order valence-corrected chi connectivity index (χ0v) is 41.3. The van der Waals surface area contributed by atoms with Crippen LogP contribution in [0.2, 0.25) is 0 Å². The highest BCUT2D eigenvalue weighted by molar-refractivity contribution is 8.29. The molecule has 2 bridgehead atoms. The summed E-state index contributed by atoms with van der Waals surface area (Å²) >= 11 is 0. The highest BCUT2D eigenvalue weighted by Gasteiger charge is 2.78. The van der Waals surface area contributed by atoms with Crippen LogP contribution in [0.4, 0.5) is 4.79 Å². The summed E-state index contributed by atoms with van der Waals surface area (Å²) in [6, 6.07) is 15.7. The number of aliphatic hydroxyl groups is 3. The Bertz CT molecular complexity index is 2220. The molecule has 2 saturated carbocycles. The van der Waals surface area contributed by atoms with E-state index in [2.05, 4.69) is 5.32 Å². The number of hydrogen-bond acceptors (Lipinski definition) is 14. The number of fused-ring (bicyclic) bond motifs is 5. The van der Waals surface area contributed by atoms with Crippen molar-refractivity contribution in [2.75, 3.05) is 25.7 Å². The number of ether oxygens (including phenoxy) is 5. The van der Waals surface area contributed by atoms with E-state index in [1.54, 1.807) is 90.1 Å². The van der Waals surface area contributed by atoms with Crippen molar-refractivity contribution < 1.29 is 67.2 Å². The van der Waals surface area contributed by atoms with Crippen LogP contribution < -0.4 is 5.32 Å². The van der Waals surface area contributed by atoms with Crippen LogP contribution in [0.5, 0.6) is 0 Å². The molecule has 4 N–H and O–H groups in total. The lowest BCUT2D eigenvalue weighted by Gasteiger charge is -2.67. The standard InChI is InChI=1S/C50H69NO14S/c1-28-33(62-43(57)32(26-61-66(12,13)46(6,7)8)37(30-20-16-14-17-21-30)51-44(58)65-45(3,4)5)25-50(59)41(63-42(56)31-22-18-15-19-23-31)39-48(11,40(55)38(54)36(28)47(50,9)10)34(53)24-35-49(39,27-60-35)64-29(2)52/h14-23,32-35,37-39,41,53-54,59H,24-27H2,1-13H3,(H,51,58)/t32-,33+,34+,35?,37+,38?,39?,41?,48-,49+,50?/m1/s1. The van der Waals surface area contributed by atoms with E-state index in [1.165, 1.54) is 26.0 Å². The summed E-state index contributed by atoms with van der Waals surface area (Å²) in [7, 11) is -1.87. The van der Waals surface area contributed by atoms with Crippen molar-refractivity contribution in [3.8, 4) is 0 Å². The van der Waals surface area contributed by atoms with E-state index in [-0.39, 0.29) is 41.1 Å². The van der Waals surface area contributed by atoms with Crippen LogP contribution in [0.3, 0.4) is 0 Å². The largest absolute Gasteiger partial charge is 0.457 e. The Morgan fingerprint density at radius 3 is 2.05 bits per heavy atom. The molecule has 0 radical (unpaired) electrons. The number of rotatable bonds is 11. The van der Waals surface area contributed by atoms with Gasteiger partial charge in [-0.25, -0.2) is 9.59 Å². The minimum absolute atomic E-state index is 0.00203. The molecule has 4 aliphatic rings. The fourth-order valence-corrected chi connectivity index (χ4v) is 11.1. The third-order valence-electron chi connectivity index (χ3n) is 14.7. The fourth-order valence-electron chi connectivity index (χ4n) is 10.2. The predicted octanol–water partition coefficient (Wildman–Crippen LogP) is 6.31. The van der Waals surface area contributed by atoms with Gasteiger partial charge in [-0.05, 0) is 76.0 Å². The third kappa shape index (κ3) is 9.05. The first-order valence-electron chi connectivity index (χ1n) is 22.5. The summed E-state index contributed by atoms with van der Waals surface area (Å²) in [4.78, 5) is 71.4. The quantitative estimate of drug-likeness (QED) is 0.111. The van der Waals surface area contributed by atoms with Gasteiger partial charge in [0.2, 0.25) is 0 Å². The number of hydrogen-bond donors (Lipinski definition) is 4. The number of esters is 3. The Kier molecular flexibility index (Phi) is 13.9. The SMILES string of the molecule is CC(=O)O[C@@]12COC1C[C@H](O)[C@@]1(C)C(=O)C(O)C3=C(C)[C@@H](OC(=O)[C@H](COS(C)(C)C(C)(C)C)[C@@H](NC(=O)OC(C)(C)C)c4ccccc4)CC(O)(C(OC(=O)c4ccccc4)C21)C3(C)C. The van der Waals surface area contributed by atoms with Gasteiger partial charge in [0, 0.05) is 29.9 Å². The minimum atomic E-state index is -2.33. The maximum absolute atomic E-state index is 15.2. The maximum Gasteiger partial charge on any atom is 0.408 e. The van der Waals surface area contributed by atoms with Crippen LogP contribution in [-0.2, 0) is 42.3 Å². The first kappa shape index (κ1) is 51.1. The van der Waals surface area contributed by atoms with E-state index in [9.17, 15) is 29.7 Å². The van der Waals surface area contributed by atoms with E-state index in [1.807, 2.05) is 33.3 Å². The summed E-state index contributed by atoms with van der Waals surface area (Å²) in [5, 5.41) is 41.1. The second-order valence-corrected chi connectivity index (χ2v) is 25.3. The molecule has 3 fully saturated rings. The molecule has 3 aliphatic carbocycles. The second-order valence-electron chi connectivity index (χ2n) is 21.4. The molecule has 11 atom stereocenters. The van der Waals surface area contributed by atoms with E-state index >= 15 is 9.59 Å². The molecule has 5 unspecified atom stereocenters. The Balaban J connectivity index is 1.53. The van der Waals surface area contributed by atoms with Crippen molar-refractivity contribution in [3.05, 3.63) is 82.9 Å². The Morgan fingerprint density at radius 2 is 1.52 bits per heavy atom. The lowest BCUT2D eigenvalue weighted by Crippen LogP contribution is -2.81. The van der Waals surface area contributed by atoms with Crippen molar-refractivity contribution in [3.63, 3.8) is 0 Å². The molecule has 0 spiro atoms. The van der Waals surface area contributed by atoms with Crippen LogP contribution in [0, 0.1) is 22.7 Å². The molecule has 6 rings (SSSR count). The van der Waals surface area contributed by atoms with Crippen molar-refractivity contribution in [2.24, 2.45) is 22.7 Å². The molecule has 2 aromatic rings. The fraction of sp³-hybridized carbons (Fsp3) is 0.620. The number of Topliss-reactive ketones (excluding diaryl/α,β-unsaturated/α-hetero) is 1. The average Bonchev–Trinajstić information content (AvgIpc) is 3.21. The van der Waals surface area contributed by atoms with E-state index in [0.717, 1.165) is 0 Å². The van der Waals surface area contributed by atoms with Crippen molar-refractivity contribution in [1.29, 1.82) is 0 Å². The number of aliphatic hydroxyl groups excluding tert-OH is 2. The topological polar surface area (TPSA) is 213 Å². The first-order valence-corrected chi connectivity index (χ1v) is 24.8. The van der Waals surface area contributed by atoms with E-state index < -0.39 is 123 Å². The second kappa shape index (κ2) is 18.0. The van der Waals surface area contributed by atoms with Gasteiger partial charge in [-0.15, -0.1) is 10.3 Å². The smallest absolute Gasteiger partial charge is 0.408 e. The van der Waals surface area contributed by atoms with Gasteiger partial charge in [0.1, 0.15) is 41.5 Å². The van der Waals surface area contributed by atoms with Gasteiger partial charge < -0.3 is 48.5 Å². The zero-order chi connectivity index (χ0) is 49.2. The Hall–Kier alpha value is -4.32. The van der Waals surface area contributed by atoms with Crippen LogP contribution in [0.25, 0.3) is 0 Å². The Labute approximate surface area is 389 Å². The number of alkyl carbamates (subject to hydrolysis) is 1. The third-order valence-corrected chi connectivity index (χ3v) is 18.4. The lowest BCUT2D eigenvalue weighted by atomic mass is 9.44. The molecule has 0 aromatic heterocycles. The molecule has 1 saturated heterocycles. The van der Waals surface area contributed by atoms with Gasteiger partial charge in [0.05, 0.1) is 42.3 Å². The molecular weight excluding hydrogens is 871 g/mol. The predicted molar refractivity (Wildman–Crippen MR) is 246 cm³/mol. The summed E-state index contributed by atoms with van der Waals surface area (Å²) in [6.45, 7) is 18.1. The maximum atomic E-state index is 15.2. The minimum Gasteiger partial charge on any atom is -0.457 e. The highest BCUT2D eigenvalue weighted by Crippen LogP contribution is 2.64. The van der Waals surface area contributed by atoms with Gasteiger partial charge >= 0.3 is 24.0 Å². The van der Waals surface area contributed by atoms with Crippen LogP contribution in [-0.4, -0.2) is 123 Å². The zero-order valence-electron chi connectivity index (χ0n) is 40.5. The van der Waals surface area contributed by atoms with Crippen molar-refractivity contribution in [2.45, 2.75) is 147 Å². The normalized spacial score (nSPS) is 31.8. The lowest BCUT2D eigenvalue weighted by molar-refractivity contribution is -0.346. The van der Waals surface area contributed by atoms with Gasteiger partial charge in [-0.2, -0.15) is 0 Å². The summed E-state index contributed by atoms with van der Waals surface area (Å²) < 4.78 is 36.9. The molecule has 1 aliphatic heterocycles. The number of carbonyl (C=O) groups is 5. The average molecular weight is 940 g/mol. The van der Waals surface area contributed by atoms with Crippen molar-refractivity contribution >= 4 is 40.1 Å². The van der Waals surface area contributed by atoms with Gasteiger partial charge in [0.25, 0.3) is 0 Å². The van der Waals surface area contributed by atoms with Crippen LogP contribution in [0.15, 0.2) is 71.8 Å². The van der Waals surface area contributed by atoms with E-state index in [0.29, 0.717) is 5.56 Å². The van der Waals surface area contributed by atoms with E-state index in [4.69, 9.17) is 27.9 Å². The van der Waals surface area contributed by atoms with Gasteiger partial charge in [-0.1, -0.05) is 83.1 Å². The van der Waals surface area contributed by atoms with Crippen LogP contribution in [0.1, 0.15) is 111 Å². The molecule has 1 heterocycles. The molecule has 2 aromatic carbocycles. The summed E-state index contributed by atoms with van der Waals surface area (Å²) in [6.07, 6.45) is -5.13. The van der Waals surface area contributed by atoms with Gasteiger partial charge in [-0.3, -0.25) is 14.4 Å².